The number of likely N-dealkylation sites (tertiary alicyclic amines) is 1. The van der Waals surface area contributed by atoms with Crippen molar-refractivity contribution < 1.29 is 18.8 Å². The number of benzene rings is 1. The largest absolute Gasteiger partial charge is 0.322 e. The van der Waals surface area contributed by atoms with E-state index < -0.39 is 11.9 Å². The Morgan fingerprint density at radius 3 is 2.62 bits per heavy atom. The predicted octanol–water partition coefficient (Wildman–Crippen LogP) is 2.23. The Morgan fingerprint density at radius 1 is 1.15 bits per heavy atom. The van der Waals surface area contributed by atoms with Crippen molar-refractivity contribution in [2.75, 3.05) is 13.1 Å². The Labute approximate surface area is 196 Å². The number of aromatic nitrogens is 1. The first-order chi connectivity index (χ1) is 16.4. The number of pyridine rings is 1. The first-order valence-electron chi connectivity index (χ1n) is 11.5. The molecule has 0 aliphatic carbocycles. The second kappa shape index (κ2) is 8.95. The van der Waals surface area contributed by atoms with Gasteiger partial charge in [-0.2, -0.15) is 5.26 Å². The number of nitrogens with zero attached hydrogens (tertiary/aromatic N) is 4. The zero-order chi connectivity index (χ0) is 23.8. The average molecular weight is 461 g/mol. The number of nitriles is 1. The number of piperidine rings is 2. The average Bonchev–Trinajstić information content (AvgIpc) is 3.15. The van der Waals surface area contributed by atoms with Crippen LogP contribution >= 0.6 is 0 Å². The van der Waals surface area contributed by atoms with Gasteiger partial charge < -0.3 is 4.90 Å². The fourth-order valence-electron chi connectivity index (χ4n) is 5.17. The fourth-order valence-corrected chi connectivity index (χ4v) is 5.17. The van der Waals surface area contributed by atoms with E-state index >= 15 is 4.39 Å². The number of hydrogen-bond acceptors (Lipinski definition) is 6. The van der Waals surface area contributed by atoms with E-state index in [0.29, 0.717) is 16.8 Å². The van der Waals surface area contributed by atoms with Crippen molar-refractivity contribution in [3.63, 3.8) is 0 Å². The molecule has 174 valence electrons. The minimum absolute atomic E-state index is 0.0559. The number of carbonyl (C=O) groups excluding carboxylic acids is 3. The van der Waals surface area contributed by atoms with Gasteiger partial charge in [0.1, 0.15) is 23.6 Å². The molecule has 1 aromatic carbocycles. The summed E-state index contributed by atoms with van der Waals surface area (Å²) in [7, 11) is 0. The zero-order valence-electron chi connectivity index (χ0n) is 18.6. The van der Waals surface area contributed by atoms with E-state index in [-0.39, 0.29) is 42.9 Å². The SMILES string of the molecule is N#Cc1ccc(CN2CCC(c3cc4c(cc3F)C(=O)N(C3CCC(=O)NC3=O)C4)CC2)cn1. The summed E-state index contributed by atoms with van der Waals surface area (Å²) in [4.78, 5) is 44.4. The lowest BCUT2D eigenvalue weighted by atomic mass is 9.87. The second-order valence-electron chi connectivity index (χ2n) is 9.14. The predicted molar refractivity (Wildman–Crippen MR) is 119 cm³/mol. The summed E-state index contributed by atoms with van der Waals surface area (Å²) < 4.78 is 15.1. The zero-order valence-corrected chi connectivity index (χ0v) is 18.6. The Kier molecular flexibility index (Phi) is 5.84. The Bertz CT molecular complexity index is 1200. The van der Waals surface area contributed by atoms with Gasteiger partial charge in [-0.15, -0.1) is 0 Å². The molecule has 4 heterocycles. The molecule has 1 atom stereocenters. The highest BCUT2D eigenvalue weighted by molar-refractivity contribution is 6.05. The molecule has 34 heavy (non-hydrogen) atoms. The van der Waals surface area contributed by atoms with E-state index in [9.17, 15) is 14.4 Å². The Hall–Kier alpha value is -3.64. The number of rotatable bonds is 4. The number of halogens is 1. The summed E-state index contributed by atoms with van der Waals surface area (Å²) >= 11 is 0. The molecule has 3 aliphatic heterocycles. The minimum atomic E-state index is -0.705. The summed E-state index contributed by atoms with van der Waals surface area (Å²) in [6, 6.07) is 8.03. The standard InChI is InChI=1S/C25H24FN5O3/c26-21-10-20-17(14-31(25(20)34)22-3-4-23(32)29-24(22)33)9-19(21)16-5-7-30(8-6-16)13-15-1-2-18(11-27)28-12-15/h1-2,9-10,12,16,22H,3-8,13-14H2,(H,29,32,33). The third kappa shape index (κ3) is 4.17. The van der Waals surface area contributed by atoms with E-state index in [1.54, 1.807) is 18.3 Å². The van der Waals surface area contributed by atoms with Gasteiger partial charge in [0, 0.05) is 31.3 Å². The molecule has 0 spiro atoms. The summed E-state index contributed by atoms with van der Waals surface area (Å²) in [5, 5.41) is 11.2. The molecule has 0 bridgehead atoms. The van der Waals surface area contributed by atoms with Crippen LogP contribution in [0.3, 0.4) is 0 Å². The smallest absolute Gasteiger partial charge is 0.255 e. The number of imide groups is 1. The van der Waals surface area contributed by atoms with Crippen LogP contribution in [0.1, 0.15) is 64.3 Å². The van der Waals surface area contributed by atoms with Crippen molar-refractivity contribution in [1.29, 1.82) is 5.26 Å². The molecule has 3 amide bonds. The van der Waals surface area contributed by atoms with E-state index in [2.05, 4.69) is 15.2 Å². The Balaban J connectivity index is 1.25. The van der Waals surface area contributed by atoms with Gasteiger partial charge in [0.15, 0.2) is 0 Å². The molecule has 2 saturated heterocycles. The van der Waals surface area contributed by atoms with Gasteiger partial charge in [-0.1, -0.05) is 12.1 Å². The molecule has 1 unspecified atom stereocenters. The van der Waals surface area contributed by atoms with Gasteiger partial charge in [0.2, 0.25) is 11.8 Å². The van der Waals surface area contributed by atoms with E-state index in [1.807, 2.05) is 12.1 Å². The van der Waals surface area contributed by atoms with Crippen molar-refractivity contribution in [2.45, 2.75) is 50.7 Å². The highest BCUT2D eigenvalue weighted by Gasteiger charge is 2.40. The molecule has 2 aromatic rings. The van der Waals surface area contributed by atoms with E-state index in [0.717, 1.165) is 43.6 Å². The van der Waals surface area contributed by atoms with Crippen LogP contribution in [0.5, 0.6) is 0 Å². The molecule has 0 saturated carbocycles. The third-order valence-electron chi connectivity index (χ3n) is 7.01. The number of nitrogens with one attached hydrogen (secondary N) is 1. The van der Waals surface area contributed by atoms with Crippen LogP contribution in [0.25, 0.3) is 0 Å². The first kappa shape index (κ1) is 22.2. The maximum Gasteiger partial charge on any atom is 0.255 e. The van der Waals surface area contributed by atoms with E-state index in [4.69, 9.17) is 5.26 Å². The van der Waals surface area contributed by atoms with Gasteiger partial charge in [-0.25, -0.2) is 9.37 Å². The Morgan fingerprint density at radius 2 is 1.94 bits per heavy atom. The fraction of sp³-hybridized carbons (Fsp3) is 0.400. The maximum atomic E-state index is 15.1. The van der Waals surface area contributed by atoms with Crippen LogP contribution in [-0.4, -0.2) is 51.6 Å². The van der Waals surface area contributed by atoms with Crippen molar-refractivity contribution in [3.8, 4) is 6.07 Å². The highest BCUT2D eigenvalue weighted by Crippen LogP contribution is 2.35. The van der Waals surface area contributed by atoms with Crippen molar-refractivity contribution >= 4 is 17.7 Å². The third-order valence-corrected chi connectivity index (χ3v) is 7.01. The van der Waals surface area contributed by atoms with E-state index in [1.165, 1.54) is 11.0 Å². The van der Waals surface area contributed by atoms with Crippen molar-refractivity contribution in [3.05, 3.63) is 64.2 Å². The molecule has 1 N–H and O–H groups in total. The monoisotopic (exact) mass is 461 g/mol. The topological polar surface area (TPSA) is 106 Å². The van der Waals surface area contributed by atoms with Crippen LogP contribution in [-0.2, 0) is 22.7 Å². The number of carbonyl (C=O) groups is 3. The number of hydrogen-bond donors (Lipinski definition) is 1. The highest BCUT2D eigenvalue weighted by atomic mass is 19.1. The summed E-state index contributed by atoms with van der Waals surface area (Å²) in [6.45, 7) is 2.59. The lowest BCUT2D eigenvalue weighted by molar-refractivity contribution is -0.136. The van der Waals surface area contributed by atoms with Gasteiger partial charge in [-0.3, -0.25) is 24.6 Å². The van der Waals surface area contributed by atoms with Crippen molar-refractivity contribution in [2.24, 2.45) is 0 Å². The van der Waals surface area contributed by atoms with Crippen LogP contribution in [0.15, 0.2) is 30.5 Å². The molecule has 9 heteroatoms. The number of fused-ring (bicyclic) bond motifs is 1. The van der Waals surface area contributed by atoms with Crippen LogP contribution in [0.2, 0.25) is 0 Å². The van der Waals surface area contributed by atoms with Crippen LogP contribution in [0, 0.1) is 17.1 Å². The quantitative estimate of drug-likeness (QED) is 0.700. The molecule has 1 aromatic heterocycles. The second-order valence-corrected chi connectivity index (χ2v) is 9.14. The molecule has 2 fully saturated rings. The van der Waals surface area contributed by atoms with Crippen LogP contribution < -0.4 is 5.32 Å². The molecular formula is C25H24FN5O3. The first-order valence-corrected chi connectivity index (χ1v) is 11.5. The lowest BCUT2D eigenvalue weighted by Gasteiger charge is -2.32. The summed E-state index contributed by atoms with van der Waals surface area (Å²) in [5.41, 5.74) is 3.09. The maximum absolute atomic E-state index is 15.1. The van der Waals surface area contributed by atoms with Gasteiger partial charge in [-0.05, 0) is 67.1 Å². The number of amides is 3. The molecule has 0 radical (unpaired) electrons. The van der Waals surface area contributed by atoms with Gasteiger partial charge >= 0.3 is 0 Å². The summed E-state index contributed by atoms with van der Waals surface area (Å²) in [6.07, 6.45) is 3.78. The lowest BCUT2D eigenvalue weighted by Crippen LogP contribution is -2.52. The minimum Gasteiger partial charge on any atom is -0.322 e. The van der Waals surface area contributed by atoms with Gasteiger partial charge in [0.05, 0.1) is 0 Å². The molecular weight excluding hydrogens is 437 g/mol. The normalized spacial score (nSPS) is 21.4. The van der Waals surface area contributed by atoms with Gasteiger partial charge in [0.25, 0.3) is 5.91 Å². The summed E-state index contributed by atoms with van der Waals surface area (Å²) in [5.74, 6) is -1.49. The van der Waals surface area contributed by atoms with Crippen LogP contribution in [0.4, 0.5) is 4.39 Å². The molecule has 8 nitrogen and oxygen atoms in total. The molecule has 5 rings (SSSR count). The van der Waals surface area contributed by atoms with Crippen molar-refractivity contribution in [1.82, 2.24) is 20.1 Å². The molecule has 3 aliphatic rings.